The van der Waals surface area contributed by atoms with Crippen LogP contribution >= 0.6 is 0 Å². The Kier molecular flexibility index (Phi) is 7.79. The zero-order valence-corrected chi connectivity index (χ0v) is 15.4. The van der Waals surface area contributed by atoms with Crippen molar-refractivity contribution in [1.29, 1.82) is 0 Å². The van der Waals surface area contributed by atoms with Gasteiger partial charge in [0.1, 0.15) is 6.10 Å². The molecule has 3 nitrogen and oxygen atoms in total. The number of hydrogen-bond acceptors (Lipinski definition) is 3. The van der Waals surface area contributed by atoms with Crippen molar-refractivity contribution >= 4 is 5.97 Å². The molecule has 0 N–H and O–H groups in total. The summed E-state index contributed by atoms with van der Waals surface area (Å²) in [6.07, 6.45) is 6.50. The number of hydrogen-bond donors (Lipinski definition) is 0. The molecule has 26 heavy (non-hydrogen) atoms. The molecule has 1 aliphatic carbocycles. The summed E-state index contributed by atoms with van der Waals surface area (Å²) in [6.45, 7) is 4.22. The van der Waals surface area contributed by atoms with E-state index in [1.54, 1.807) is 0 Å². The molecule has 0 radical (unpaired) electrons. The fraction of sp³-hybridized carbons (Fsp3) is 0.650. The average Bonchev–Trinajstić information content (AvgIpc) is 2.57. The van der Waals surface area contributed by atoms with Gasteiger partial charge < -0.3 is 9.47 Å². The van der Waals surface area contributed by atoms with Crippen LogP contribution in [-0.4, -0.2) is 18.7 Å². The predicted octanol–water partition coefficient (Wildman–Crippen LogP) is 5.41. The summed E-state index contributed by atoms with van der Waals surface area (Å²) in [5.74, 6) is -3.77. The van der Waals surface area contributed by atoms with Gasteiger partial charge in [0.25, 0.3) is 0 Å². The zero-order chi connectivity index (χ0) is 19.1. The molecule has 6 heteroatoms. The standard InChI is InChI=1S/C20H27F3O3/c1-3-4-5-6-7-13(2)20(24)26-15-8-14(9-15)12-25-19-11-17(22)16(21)10-18(19)23/h10-11,13-15H,3-9,12H2,1-2H3. The van der Waals surface area contributed by atoms with Gasteiger partial charge in [-0.1, -0.05) is 39.5 Å². The summed E-state index contributed by atoms with van der Waals surface area (Å²) >= 11 is 0. The summed E-state index contributed by atoms with van der Waals surface area (Å²) in [5.41, 5.74) is 0. The molecule has 1 atom stereocenters. The Balaban J connectivity index is 1.64. The molecule has 0 amide bonds. The van der Waals surface area contributed by atoms with Gasteiger partial charge in [0, 0.05) is 12.1 Å². The van der Waals surface area contributed by atoms with Gasteiger partial charge in [-0.05, 0) is 25.2 Å². The lowest BCUT2D eigenvalue weighted by atomic mass is 9.83. The number of rotatable bonds is 10. The second kappa shape index (κ2) is 9.83. The molecule has 0 spiro atoms. The highest BCUT2D eigenvalue weighted by atomic mass is 19.2. The van der Waals surface area contributed by atoms with E-state index in [0.717, 1.165) is 19.3 Å². The second-order valence-electron chi connectivity index (χ2n) is 7.15. The van der Waals surface area contributed by atoms with Gasteiger partial charge in [0.05, 0.1) is 12.5 Å². The van der Waals surface area contributed by atoms with E-state index < -0.39 is 17.5 Å². The molecular formula is C20H27F3O3. The van der Waals surface area contributed by atoms with Crippen molar-refractivity contribution in [2.24, 2.45) is 11.8 Å². The van der Waals surface area contributed by atoms with E-state index in [1.165, 1.54) is 12.8 Å². The normalized spacial score (nSPS) is 20.3. The highest BCUT2D eigenvalue weighted by molar-refractivity contribution is 5.72. The Morgan fingerprint density at radius 3 is 2.50 bits per heavy atom. The highest BCUT2D eigenvalue weighted by Gasteiger charge is 2.33. The first-order chi connectivity index (χ1) is 12.4. The molecule has 1 fully saturated rings. The van der Waals surface area contributed by atoms with Gasteiger partial charge in [-0.25, -0.2) is 13.2 Å². The van der Waals surface area contributed by atoms with Gasteiger partial charge in [-0.3, -0.25) is 4.79 Å². The van der Waals surface area contributed by atoms with Gasteiger partial charge in [-0.2, -0.15) is 0 Å². The van der Waals surface area contributed by atoms with Crippen molar-refractivity contribution in [3.63, 3.8) is 0 Å². The first-order valence-corrected chi connectivity index (χ1v) is 9.38. The lowest BCUT2D eigenvalue weighted by Gasteiger charge is -2.35. The fourth-order valence-corrected chi connectivity index (χ4v) is 3.00. The number of esters is 1. The third kappa shape index (κ3) is 5.92. The first kappa shape index (κ1) is 20.6. The summed E-state index contributed by atoms with van der Waals surface area (Å²) in [7, 11) is 0. The summed E-state index contributed by atoms with van der Waals surface area (Å²) in [4.78, 5) is 12.0. The molecule has 0 aromatic heterocycles. The van der Waals surface area contributed by atoms with Crippen molar-refractivity contribution in [2.75, 3.05) is 6.61 Å². The third-order valence-corrected chi connectivity index (χ3v) is 4.82. The minimum Gasteiger partial charge on any atom is -0.490 e. The Morgan fingerprint density at radius 2 is 1.81 bits per heavy atom. The number of unbranched alkanes of at least 4 members (excludes halogenated alkanes) is 3. The molecule has 2 rings (SSSR count). The zero-order valence-electron chi connectivity index (χ0n) is 15.4. The molecule has 1 aromatic carbocycles. The van der Waals surface area contributed by atoms with Crippen LogP contribution in [0.15, 0.2) is 12.1 Å². The number of carbonyl (C=O) groups is 1. The van der Waals surface area contributed by atoms with Crippen molar-refractivity contribution in [1.82, 2.24) is 0 Å². The monoisotopic (exact) mass is 372 g/mol. The van der Waals surface area contributed by atoms with E-state index in [0.29, 0.717) is 25.0 Å². The first-order valence-electron chi connectivity index (χ1n) is 9.38. The van der Waals surface area contributed by atoms with Crippen LogP contribution in [0.2, 0.25) is 0 Å². The largest absolute Gasteiger partial charge is 0.490 e. The van der Waals surface area contributed by atoms with Crippen LogP contribution < -0.4 is 4.74 Å². The summed E-state index contributed by atoms with van der Waals surface area (Å²) < 4.78 is 50.2. The fourth-order valence-electron chi connectivity index (χ4n) is 3.00. The van der Waals surface area contributed by atoms with Crippen LogP contribution in [0.5, 0.6) is 5.75 Å². The third-order valence-electron chi connectivity index (χ3n) is 4.82. The molecule has 1 aliphatic rings. The average molecular weight is 372 g/mol. The van der Waals surface area contributed by atoms with Crippen LogP contribution in [-0.2, 0) is 9.53 Å². The van der Waals surface area contributed by atoms with Crippen LogP contribution in [0.3, 0.4) is 0 Å². The van der Waals surface area contributed by atoms with Gasteiger partial charge in [0.15, 0.2) is 23.2 Å². The molecule has 0 saturated heterocycles. The van der Waals surface area contributed by atoms with Crippen molar-refractivity contribution in [3.8, 4) is 5.75 Å². The van der Waals surface area contributed by atoms with Crippen LogP contribution in [0, 0.1) is 29.3 Å². The van der Waals surface area contributed by atoms with E-state index in [-0.39, 0.29) is 36.3 Å². The summed E-state index contributed by atoms with van der Waals surface area (Å²) in [5, 5.41) is 0. The van der Waals surface area contributed by atoms with E-state index in [2.05, 4.69) is 6.92 Å². The van der Waals surface area contributed by atoms with Crippen molar-refractivity contribution in [3.05, 3.63) is 29.6 Å². The molecule has 0 bridgehead atoms. The maximum Gasteiger partial charge on any atom is 0.308 e. The van der Waals surface area contributed by atoms with E-state index in [4.69, 9.17) is 9.47 Å². The maximum atomic E-state index is 13.5. The minimum atomic E-state index is -1.24. The van der Waals surface area contributed by atoms with Crippen molar-refractivity contribution in [2.45, 2.75) is 64.9 Å². The lowest BCUT2D eigenvalue weighted by molar-refractivity contribution is -0.161. The molecule has 0 heterocycles. The maximum absolute atomic E-state index is 13.5. The van der Waals surface area contributed by atoms with E-state index in [1.807, 2.05) is 6.92 Å². The van der Waals surface area contributed by atoms with E-state index in [9.17, 15) is 18.0 Å². The lowest BCUT2D eigenvalue weighted by Crippen LogP contribution is -2.37. The number of carbonyl (C=O) groups excluding carboxylic acids is 1. The molecule has 1 aromatic rings. The second-order valence-corrected chi connectivity index (χ2v) is 7.15. The Morgan fingerprint density at radius 1 is 1.12 bits per heavy atom. The number of benzene rings is 1. The highest BCUT2D eigenvalue weighted by Crippen LogP contribution is 2.32. The van der Waals surface area contributed by atoms with Gasteiger partial charge >= 0.3 is 5.97 Å². The van der Waals surface area contributed by atoms with Gasteiger partial charge in [0.2, 0.25) is 0 Å². The Labute approximate surface area is 152 Å². The van der Waals surface area contributed by atoms with E-state index >= 15 is 0 Å². The summed E-state index contributed by atoms with van der Waals surface area (Å²) in [6, 6.07) is 1.18. The van der Waals surface area contributed by atoms with Crippen molar-refractivity contribution < 1.29 is 27.4 Å². The Hall–Kier alpha value is -1.72. The van der Waals surface area contributed by atoms with Crippen LogP contribution in [0.4, 0.5) is 13.2 Å². The quantitative estimate of drug-likeness (QED) is 0.313. The topological polar surface area (TPSA) is 35.5 Å². The van der Waals surface area contributed by atoms with Gasteiger partial charge in [-0.15, -0.1) is 0 Å². The molecule has 146 valence electrons. The molecule has 1 saturated carbocycles. The Bertz CT molecular complexity index is 600. The molecular weight excluding hydrogens is 345 g/mol. The van der Waals surface area contributed by atoms with Crippen LogP contribution in [0.25, 0.3) is 0 Å². The van der Waals surface area contributed by atoms with Crippen LogP contribution in [0.1, 0.15) is 58.8 Å². The predicted molar refractivity (Wildman–Crippen MR) is 92.3 cm³/mol. The smallest absolute Gasteiger partial charge is 0.308 e. The minimum absolute atomic E-state index is 0.0987. The molecule has 1 unspecified atom stereocenters. The number of halogens is 3. The SMILES string of the molecule is CCCCCCC(C)C(=O)OC1CC(COc2cc(F)c(F)cc2F)C1. The number of ether oxygens (including phenoxy) is 2. The molecule has 0 aliphatic heterocycles.